The molecule has 9 heteroatoms. The van der Waals surface area contributed by atoms with Crippen molar-refractivity contribution in [3.8, 4) is 34.7 Å². The van der Waals surface area contributed by atoms with E-state index in [2.05, 4.69) is 21.3 Å². The molecule has 0 saturated carbocycles. The number of fused-ring (bicyclic) bond motifs is 1. The van der Waals surface area contributed by atoms with Gasteiger partial charge in [0.05, 0.1) is 30.0 Å². The fourth-order valence-corrected chi connectivity index (χ4v) is 3.64. The van der Waals surface area contributed by atoms with Crippen LogP contribution < -0.4 is 4.74 Å². The maximum atomic E-state index is 11.6. The summed E-state index contributed by atoms with van der Waals surface area (Å²) in [6.07, 6.45) is 2.69. The predicted octanol–water partition coefficient (Wildman–Crippen LogP) is 4.76. The minimum atomic E-state index is -0.206. The van der Waals surface area contributed by atoms with E-state index in [1.165, 1.54) is 0 Å². The van der Waals surface area contributed by atoms with Crippen molar-refractivity contribution in [3.63, 3.8) is 0 Å². The minimum absolute atomic E-state index is 0.0421. The summed E-state index contributed by atoms with van der Waals surface area (Å²) in [7, 11) is 0. The highest BCUT2D eigenvalue weighted by molar-refractivity contribution is 5.93. The van der Waals surface area contributed by atoms with Gasteiger partial charge in [0.2, 0.25) is 5.82 Å². The first-order valence-corrected chi connectivity index (χ1v) is 11.2. The van der Waals surface area contributed by atoms with E-state index in [1.54, 1.807) is 31.3 Å². The van der Waals surface area contributed by atoms with E-state index in [0.717, 1.165) is 16.5 Å². The van der Waals surface area contributed by atoms with Crippen LogP contribution in [-0.2, 0) is 16.1 Å². The smallest absolute Gasteiger partial charge is 0.305 e. The van der Waals surface area contributed by atoms with Crippen molar-refractivity contribution in [2.45, 2.75) is 46.3 Å². The van der Waals surface area contributed by atoms with E-state index in [4.69, 9.17) is 14.0 Å². The molecule has 4 rings (SSSR count). The van der Waals surface area contributed by atoms with Crippen LogP contribution in [-0.4, -0.2) is 38.6 Å². The number of nitriles is 1. The van der Waals surface area contributed by atoms with E-state index in [1.807, 2.05) is 36.7 Å². The summed E-state index contributed by atoms with van der Waals surface area (Å²) >= 11 is 0. The third-order valence-electron chi connectivity index (χ3n) is 5.12. The Morgan fingerprint density at radius 1 is 1.26 bits per heavy atom. The first-order valence-electron chi connectivity index (χ1n) is 11.2. The summed E-state index contributed by atoms with van der Waals surface area (Å²) in [6, 6.07) is 13.1. The highest BCUT2D eigenvalue weighted by Gasteiger charge is 2.17. The molecule has 0 atom stereocenters. The number of rotatable bonds is 9. The lowest BCUT2D eigenvalue weighted by Crippen LogP contribution is -2.07. The van der Waals surface area contributed by atoms with Crippen molar-refractivity contribution in [2.75, 3.05) is 6.61 Å². The van der Waals surface area contributed by atoms with Gasteiger partial charge < -0.3 is 14.0 Å². The number of aromatic nitrogens is 4. The average Bonchev–Trinajstić information content (AvgIpc) is 3.47. The van der Waals surface area contributed by atoms with Crippen molar-refractivity contribution >= 4 is 16.9 Å². The molecule has 0 amide bonds. The molecule has 174 valence electrons. The van der Waals surface area contributed by atoms with Gasteiger partial charge in [0.25, 0.3) is 5.89 Å². The van der Waals surface area contributed by atoms with Crippen molar-refractivity contribution in [1.29, 1.82) is 5.26 Å². The monoisotopic (exact) mass is 459 g/mol. The lowest BCUT2D eigenvalue weighted by atomic mass is 10.1. The zero-order valence-corrected chi connectivity index (χ0v) is 19.3. The van der Waals surface area contributed by atoms with Crippen LogP contribution in [0.2, 0.25) is 0 Å². The van der Waals surface area contributed by atoms with Gasteiger partial charge in [-0.25, -0.2) is 0 Å². The fraction of sp³-hybridized carbons (Fsp3) is 0.320. The lowest BCUT2D eigenvalue weighted by Gasteiger charge is -2.11. The molecule has 2 heterocycles. The largest absolute Gasteiger partial charge is 0.490 e. The molecule has 34 heavy (non-hydrogen) atoms. The number of hydrogen-bond acceptors (Lipinski definition) is 8. The second-order valence-electron chi connectivity index (χ2n) is 7.93. The van der Waals surface area contributed by atoms with E-state index < -0.39 is 0 Å². The van der Waals surface area contributed by atoms with Gasteiger partial charge in [-0.05, 0) is 51.5 Å². The molecule has 0 spiro atoms. The highest BCUT2D eigenvalue weighted by Crippen LogP contribution is 2.30. The van der Waals surface area contributed by atoms with Crippen LogP contribution in [0.5, 0.6) is 5.75 Å². The van der Waals surface area contributed by atoms with Crippen LogP contribution in [0.15, 0.2) is 47.1 Å². The van der Waals surface area contributed by atoms with Crippen molar-refractivity contribution in [1.82, 2.24) is 19.9 Å². The number of carbonyl (C=O) groups is 1. The van der Waals surface area contributed by atoms with Gasteiger partial charge in [-0.1, -0.05) is 17.3 Å². The van der Waals surface area contributed by atoms with Gasteiger partial charge in [0.1, 0.15) is 11.8 Å². The van der Waals surface area contributed by atoms with Gasteiger partial charge in [0, 0.05) is 29.5 Å². The molecular formula is C25H25N5O4. The number of carbonyl (C=O) groups excluding carboxylic acids is 1. The molecule has 0 radical (unpaired) electrons. The Morgan fingerprint density at radius 2 is 2.12 bits per heavy atom. The summed E-state index contributed by atoms with van der Waals surface area (Å²) in [5, 5.41) is 19.0. The first kappa shape index (κ1) is 23.0. The van der Waals surface area contributed by atoms with E-state index in [-0.39, 0.29) is 12.1 Å². The molecule has 0 aliphatic rings. The molecule has 2 aromatic carbocycles. The van der Waals surface area contributed by atoms with E-state index in [9.17, 15) is 10.1 Å². The second-order valence-corrected chi connectivity index (χ2v) is 7.93. The molecule has 0 aliphatic heterocycles. The number of benzene rings is 2. The molecule has 9 nitrogen and oxygen atoms in total. The van der Waals surface area contributed by atoms with Gasteiger partial charge >= 0.3 is 5.97 Å². The number of esters is 1. The van der Waals surface area contributed by atoms with E-state index >= 15 is 0 Å². The molecule has 0 N–H and O–H groups in total. The van der Waals surface area contributed by atoms with Crippen LogP contribution >= 0.6 is 0 Å². The van der Waals surface area contributed by atoms with Crippen molar-refractivity contribution in [3.05, 3.63) is 48.2 Å². The zero-order chi connectivity index (χ0) is 24.1. The Balaban J connectivity index is 1.57. The summed E-state index contributed by atoms with van der Waals surface area (Å²) in [5.41, 5.74) is 2.73. The van der Waals surface area contributed by atoms with Crippen LogP contribution in [0.25, 0.3) is 33.7 Å². The van der Waals surface area contributed by atoms with Gasteiger partial charge in [-0.3, -0.25) is 9.48 Å². The Hall–Kier alpha value is -4.19. The predicted molar refractivity (Wildman–Crippen MR) is 125 cm³/mol. The molecular weight excluding hydrogens is 434 g/mol. The van der Waals surface area contributed by atoms with Crippen molar-refractivity contribution in [2.24, 2.45) is 0 Å². The first-order chi connectivity index (χ1) is 16.5. The van der Waals surface area contributed by atoms with Crippen LogP contribution in [0.3, 0.4) is 0 Å². The number of nitrogens with zero attached hydrogens (tertiary/aromatic N) is 5. The maximum absolute atomic E-state index is 11.6. The third kappa shape index (κ3) is 4.91. The zero-order valence-electron chi connectivity index (χ0n) is 19.3. The van der Waals surface area contributed by atoms with Crippen molar-refractivity contribution < 1.29 is 18.8 Å². The van der Waals surface area contributed by atoms with Crippen LogP contribution in [0, 0.1) is 11.3 Å². The topological polar surface area (TPSA) is 116 Å². The molecule has 0 unspecified atom stereocenters. The fourth-order valence-electron chi connectivity index (χ4n) is 3.64. The molecule has 0 fully saturated rings. The number of aryl methyl sites for hydroxylation is 1. The Labute approximate surface area is 196 Å². The summed E-state index contributed by atoms with van der Waals surface area (Å²) < 4.78 is 18.0. The standard InChI is InChI=1S/C25H25N5O4/c1-4-32-23(31)9-6-12-30-21-8-5-7-19(20(21)15-27-30)24-28-25(34-29-24)17-10-11-22(33-16(2)3)18(13-17)14-26/h5,7-8,10-11,13,15-16H,4,6,9,12H2,1-3H3. The highest BCUT2D eigenvalue weighted by atomic mass is 16.5. The summed E-state index contributed by atoms with van der Waals surface area (Å²) in [6.45, 7) is 6.58. The van der Waals surface area contributed by atoms with Crippen LogP contribution in [0.4, 0.5) is 0 Å². The Bertz CT molecular complexity index is 1350. The molecule has 4 aromatic rings. The Morgan fingerprint density at radius 3 is 2.88 bits per heavy atom. The van der Waals surface area contributed by atoms with Crippen LogP contribution in [0.1, 0.15) is 39.2 Å². The molecule has 2 aromatic heterocycles. The van der Waals surface area contributed by atoms with Gasteiger partial charge in [0.15, 0.2) is 0 Å². The minimum Gasteiger partial charge on any atom is -0.490 e. The maximum Gasteiger partial charge on any atom is 0.305 e. The third-order valence-corrected chi connectivity index (χ3v) is 5.12. The summed E-state index contributed by atoms with van der Waals surface area (Å²) in [5.74, 6) is 1.04. The van der Waals surface area contributed by atoms with Gasteiger partial charge in [-0.2, -0.15) is 15.3 Å². The lowest BCUT2D eigenvalue weighted by molar-refractivity contribution is -0.143. The summed E-state index contributed by atoms with van der Waals surface area (Å²) in [4.78, 5) is 16.2. The number of ether oxygens (including phenoxy) is 2. The molecule has 0 saturated heterocycles. The number of hydrogen-bond donors (Lipinski definition) is 0. The normalized spacial score (nSPS) is 11.0. The molecule has 0 bridgehead atoms. The second kappa shape index (κ2) is 10.2. The molecule has 0 aliphatic carbocycles. The SMILES string of the molecule is CCOC(=O)CCCn1ncc2c(-c3noc(-c4ccc(OC(C)C)c(C#N)c4)n3)cccc21. The van der Waals surface area contributed by atoms with E-state index in [0.29, 0.717) is 54.6 Å². The average molecular weight is 460 g/mol. The Kier molecular flexibility index (Phi) is 6.87. The quantitative estimate of drug-likeness (QED) is 0.329. The van der Waals surface area contributed by atoms with Gasteiger partial charge in [-0.15, -0.1) is 0 Å².